The highest BCUT2D eigenvalue weighted by molar-refractivity contribution is 9.10. The molecule has 132 valence electrons. The number of anilines is 1. The molecule has 0 bridgehead atoms. The molecule has 25 heavy (non-hydrogen) atoms. The predicted octanol–water partition coefficient (Wildman–Crippen LogP) is 3.04. The van der Waals surface area contributed by atoms with Gasteiger partial charge in [0.25, 0.3) is 0 Å². The second-order valence-electron chi connectivity index (χ2n) is 5.70. The fourth-order valence-electron chi connectivity index (χ4n) is 2.89. The lowest BCUT2D eigenvalue weighted by Gasteiger charge is -2.11. The molecular formula is C17H18BrFN4O2. The van der Waals surface area contributed by atoms with E-state index < -0.39 is 17.8 Å². The number of carbonyl (C=O) groups excluding carboxylic acids is 1. The molecule has 1 unspecified atom stereocenters. The van der Waals surface area contributed by atoms with Crippen LogP contribution in [0, 0.1) is 5.82 Å². The Bertz CT molecular complexity index is 811. The predicted molar refractivity (Wildman–Crippen MR) is 96.0 cm³/mol. The average molecular weight is 409 g/mol. The van der Waals surface area contributed by atoms with Crippen LogP contribution in [0.4, 0.5) is 10.1 Å². The zero-order chi connectivity index (χ0) is 18.0. The second kappa shape index (κ2) is 7.35. The van der Waals surface area contributed by atoms with Crippen LogP contribution < -0.4 is 5.73 Å². The Labute approximate surface area is 153 Å². The molecule has 1 aromatic carbocycles. The van der Waals surface area contributed by atoms with E-state index in [0.717, 1.165) is 25.1 Å². The van der Waals surface area contributed by atoms with Crippen molar-refractivity contribution >= 4 is 33.8 Å². The smallest absolute Gasteiger partial charge is 0.337 e. The quantitative estimate of drug-likeness (QED) is 0.468. The Morgan fingerprint density at radius 2 is 2.40 bits per heavy atom. The third kappa shape index (κ3) is 3.58. The van der Waals surface area contributed by atoms with Crippen LogP contribution in [-0.4, -0.2) is 28.3 Å². The van der Waals surface area contributed by atoms with E-state index in [0.29, 0.717) is 10.2 Å². The minimum absolute atomic E-state index is 0.133. The van der Waals surface area contributed by atoms with Crippen molar-refractivity contribution in [2.24, 2.45) is 4.99 Å². The van der Waals surface area contributed by atoms with Crippen molar-refractivity contribution in [3.8, 4) is 0 Å². The topological polar surface area (TPSA) is 82.5 Å². The lowest BCUT2D eigenvalue weighted by atomic mass is 10.1. The molecule has 3 rings (SSSR count). The lowest BCUT2D eigenvalue weighted by Crippen LogP contribution is -2.16. The molecule has 2 N–H and O–H groups in total. The van der Waals surface area contributed by atoms with Crippen LogP contribution in [-0.2, 0) is 22.5 Å². The van der Waals surface area contributed by atoms with Gasteiger partial charge < -0.3 is 15.0 Å². The van der Waals surface area contributed by atoms with Gasteiger partial charge in [-0.05, 0) is 31.9 Å². The summed E-state index contributed by atoms with van der Waals surface area (Å²) in [6, 6.07) is 1.94. The molecule has 6 nitrogen and oxygen atoms in total. The fourth-order valence-corrected chi connectivity index (χ4v) is 3.33. The summed E-state index contributed by atoms with van der Waals surface area (Å²) in [6.07, 6.45) is 4.81. The number of carbonyl (C=O) groups is 1. The summed E-state index contributed by atoms with van der Waals surface area (Å²) in [6.45, 7) is 2.83. The number of hydrogen-bond donors (Lipinski definition) is 1. The van der Waals surface area contributed by atoms with E-state index in [1.54, 1.807) is 19.3 Å². The van der Waals surface area contributed by atoms with Gasteiger partial charge in [-0.15, -0.1) is 0 Å². The van der Waals surface area contributed by atoms with Gasteiger partial charge in [0.15, 0.2) is 6.04 Å². The van der Waals surface area contributed by atoms with Crippen molar-refractivity contribution in [3.63, 3.8) is 0 Å². The molecular weight excluding hydrogens is 391 g/mol. The van der Waals surface area contributed by atoms with Gasteiger partial charge in [-0.3, -0.25) is 4.99 Å². The zero-order valence-corrected chi connectivity index (χ0v) is 15.3. The van der Waals surface area contributed by atoms with E-state index in [1.165, 1.54) is 12.3 Å². The van der Waals surface area contributed by atoms with Crippen molar-refractivity contribution in [1.82, 2.24) is 9.55 Å². The fraction of sp³-hybridized carbons (Fsp3) is 0.353. The third-order valence-electron chi connectivity index (χ3n) is 4.04. The van der Waals surface area contributed by atoms with Gasteiger partial charge in [-0.2, -0.15) is 0 Å². The molecule has 2 heterocycles. The molecule has 1 aliphatic rings. The first-order valence-corrected chi connectivity index (χ1v) is 8.78. The van der Waals surface area contributed by atoms with Gasteiger partial charge in [-0.1, -0.05) is 15.9 Å². The Morgan fingerprint density at radius 1 is 1.60 bits per heavy atom. The number of nitrogen functional groups attached to an aromatic ring is 1. The highest BCUT2D eigenvalue weighted by atomic mass is 79.9. The number of nitrogens with two attached hydrogens (primary N) is 1. The molecule has 8 heteroatoms. The monoisotopic (exact) mass is 408 g/mol. The largest absolute Gasteiger partial charge is 0.464 e. The van der Waals surface area contributed by atoms with Crippen molar-refractivity contribution in [2.45, 2.75) is 32.4 Å². The Kier molecular flexibility index (Phi) is 5.17. The summed E-state index contributed by atoms with van der Waals surface area (Å²) in [5, 5.41) is 0. The number of rotatable bonds is 5. The number of esters is 1. The van der Waals surface area contributed by atoms with E-state index in [-0.39, 0.29) is 17.9 Å². The number of hydrogen-bond acceptors (Lipinski definition) is 5. The Morgan fingerprint density at radius 3 is 3.12 bits per heavy atom. The summed E-state index contributed by atoms with van der Waals surface area (Å²) < 4.78 is 21.8. The van der Waals surface area contributed by atoms with E-state index in [9.17, 15) is 9.18 Å². The molecule has 0 saturated heterocycles. The number of ether oxygens (including phenoxy) is 1. The summed E-state index contributed by atoms with van der Waals surface area (Å²) in [5.74, 6) is -1.03. The van der Waals surface area contributed by atoms with Gasteiger partial charge in [0.1, 0.15) is 5.82 Å². The maximum absolute atomic E-state index is 14.1. The van der Waals surface area contributed by atoms with Crippen molar-refractivity contribution < 1.29 is 13.9 Å². The number of imidazole rings is 1. The standard InChI is InChI=1S/C17H18BrFN4O2/c1-2-25-17(24)16(15-14-4-3-5-23(14)9-22-15)21-8-11-12(19)6-10(18)7-13(11)20/h6-9,16H,2-5,20H2,1H3. The van der Waals surface area contributed by atoms with Crippen LogP contribution in [0.25, 0.3) is 0 Å². The molecule has 0 aliphatic carbocycles. The molecule has 2 aromatic rings. The second-order valence-corrected chi connectivity index (χ2v) is 6.61. The third-order valence-corrected chi connectivity index (χ3v) is 4.50. The molecule has 0 fully saturated rings. The minimum atomic E-state index is -0.934. The van der Waals surface area contributed by atoms with Crippen molar-refractivity contribution in [2.75, 3.05) is 12.3 Å². The van der Waals surface area contributed by atoms with E-state index >= 15 is 0 Å². The van der Waals surface area contributed by atoms with Crippen LogP contribution in [0.15, 0.2) is 27.9 Å². The summed E-state index contributed by atoms with van der Waals surface area (Å²) >= 11 is 3.18. The highest BCUT2D eigenvalue weighted by Crippen LogP contribution is 2.27. The Hall–Kier alpha value is -2.22. The van der Waals surface area contributed by atoms with Gasteiger partial charge in [0.05, 0.1) is 24.2 Å². The van der Waals surface area contributed by atoms with Crippen LogP contribution in [0.5, 0.6) is 0 Å². The van der Waals surface area contributed by atoms with Gasteiger partial charge in [0.2, 0.25) is 0 Å². The Balaban J connectivity index is 1.97. The number of nitrogens with zero attached hydrogens (tertiary/aromatic N) is 3. The lowest BCUT2D eigenvalue weighted by molar-refractivity contribution is -0.144. The van der Waals surface area contributed by atoms with E-state index in [2.05, 4.69) is 25.9 Å². The normalized spacial score (nSPS) is 14.7. The molecule has 0 spiro atoms. The van der Waals surface area contributed by atoms with Gasteiger partial charge >= 0.3 is 5.97 Å². The highest BCUT2D eigenvalue weighted by Gasteiger charge is 2.29. The first-order chi connectivity index (χ1) is 12.0. The van der Waals surface area contributed by atoms with Crippen LogP contribution in [0.2, 0.25) is 0 Å². The maximum atomic E-state index is 14.1. The van der Waals surface area contributed by atoms with Crippen molar-refractivity contribution in [3.05, 3.63) is 45.7 Å². The number of aromatic nitrogens is 2. The van der Waals surface area contributed by atoms with Crippen molar-refractivity contribution in [1.29, 1.82) is 0 Å². The molecule has 1 aromatic heterocycles. The van der Waals surface area contributed by atoms with Crippen LogP contribution >= 0.6 is 15.9 Å². The first kappa shape index (κ1) is 17.6. The van der Waals surface area contributed by atoms with Gasteiger partial charge in [-0.25, -0.2) is 14.2 Å². The zero-order valence-electron chi connectivity index (χ0n) is 13.7. The molecule has 0 amide bonds. The molecule has 1 atom stereocenters. The van der Waals surface area contributed by atoms with Crippen LogP contribution in [0.1, 0.15) is 36.3 Å². The molecule has 0 radical (unpaired) electrons. The number of aryl methyl sites for hydroxylation is 1. The first-order valence-electron chi connectivity index (χ1n) is 7.99. The van der Waals surface area contributed by atoms with Crippen LogP contribution in [0.3, 0.4) is 0 Å². The summed E-state index contributed by atoms with van der Waals surface area (Å²) in [5.41, 5.74) is 7.75. The average Bonchev–Trinajstić information content (AvgIpc) is 3.14. The summed E-state index contributed by atoms with van der Waals surface area (Å²) in [7, 11) is 0. The number of benzene rings is 1. The molecule has 1 aliphatic heterocycles. The molecule has 0 saturated carbocycles. The number of fused-ring (bicyclic) bond motifs is 1. The maximum Gasteiger partial charge on any atom is 0.337 e. The SMILES string of the molecule is CCOC(=O)C(N=Cc1c(N)cc(Br)cc1F)c1ncn2c1CCC2. The number of aliphatic imine (C=N–C) groups is 1. The van der Waals surface area contributed by atoms with Gasteiger partial charge in [0, 0.05) is 28.6 Å². The van der Waals surface area contributed by atoms with E-state index in [1.807, 2.05) is 4.57 Å². The minimum Gasteiger partial charge on any atom is -0.464 e. The number of halogens is 2. The summed E-state index contributed by atoms with van der Waals surface area (Å²) in [4.78, 5) is 21.0. The van der Waals surface area contributed by atoms with E-state index in [4.69, 9.17) is 10.5 Å².